The summed E-state index contributed by atoms with van der Waals surface area (Å²) in [5.41, 5.74) is 2.76. The molecule has 0 radical (unpaired) electrons. The zero-order valence-corrected chi connectivity index (χ0v) is 13.0. The largest absolute Gasteiger partial charge is 0.314 e. The van der Waals surface area contributed by atoms with Crippen molar-refractivity contribution in [1.29, 1.82) is 0 Å². The van der Waals surface area contributed by atoms with E-state index >= 15 is 0 Å². The molecule has 1 aromatic carbocycles. The molecule has 18 heavy (non-hydrogen) atoms. The lowest BCUT2D eigenvalue weighted by atomic mass is 10.0. The van der Waals surface area contributed by atoms with Gasteiger partial charge in [-0.1, -0.05) is 22.0 Å². The van der Waals surface area contributed by atoms with Gasteiger partial charge in [0.15, 0.2) is 0 Å². The first-order valence-electron chi connectivity index (χ1n) is 6.47. The van der Waals surface area contributed by atoms with E-state index < -0.39 is 0 Å². The van der Waals surface area contributed by atoms with Gasteiger partial charge in [-0.15, -0.1) is 0 Å². The highest BCUT2D eigenvalue weighted by molar-refractivity contribution is 9.10. The summed E-state index contributed by atoms with van der Waals surface area (Å²) < 4.78 is 1.16. The van der Waals surface area contributed by atoms with Crippen molar-refractivity contribution in [1.82, 2.24) is 15.1 Å². The molecule has 100 valence electrons. The average molecular weight is 312 g/mol. The molecule has 0 aliphatic carbocycles. The summed E-state index contributed by atoms with van der Waals surface area (Å²) >= 11 is 3.59. The van der Waals surface area contributed by atoms with Gasteiger partial charge in [-0.3, -0.25) is 9.80 Å². The molecule has 1 heterocycles. The van der Waals surface area contributed by atoms with Crippen LogP contribution in [0.25, 0.3) is 0 Å². The van der Waals surface area contributed by atoms with E-state index in [-0.39, 0.29) is 0 Å². The Balaban J connectivity index is 2.31. The molecule has 1 aliphatic rings. The van der Waals surface area contributed by atoms with Gasteiger partial charge in [0.25, 0.3) is 0 Å². The molecule has 1 saturated heterocycles. The Kier molecular flexibility index (Phi) is 4.78. The van der Waals surface area contributed by atoms with Crippen LogP contribution < -0.4 is 5.32 Å². The van der Waals surface area contributed by atoms with Crippen LogP contribution in [0, 0.1) is 6.92 Å². The van der Waals surface area contributed by atoms with Crippen molar-refractivity contribution >= 4 is 15.9 Å². The molecule has 1 unspecified atom stereocenters. The van der Waals surface area contributed by atoms with E-state index in [9.17, 15) is 0 Å². The number of aryl methyl sites for hydroxylation is 1. The van der Waals surface area contributed by atoms with Crippen molar-refractivity contribution < 1.29 is 0 Å². The Morgan fingerprint density at radius 1 is 1.28 bits per heavy atom. The van der Waals surface area contributed by atoms with Gasteiger partial charge in [-0.25, -0.2) is 0 Å². The predicted octanol–water partition coefficient (Wildman–Crippen LogP) is 2.22. The minimum atomic E-state index is 0.365. The number of hydrogen-bond acceptors (Lipinski definition) is 3. The lowest BCUT2D eigenvalue weighted by Gasteiger charge is -2.39. The highest BCUT2D eigenvalue weighted by Gasteiger charge is 2.25. The fourth-order valence-corrected chi connectivity index (χ4v) is 3.00. The molecule has 0 amide bonds. The number of rotatable bonds is 3. The van der Waals surface area contributed by atoms with E-state index in [0.717, 1.165) is 30.7 Å². The Hall–Kier alpha value is -0.420. The van der Waals surface area contributed by atoms with Crippen LogP contribution in [-0.4, -0.2) is 50.1 Å². The average Bonchev–Trinajstić information content (AvgIpc) is 2.35. The van der Waals surface area contributed by atoms with Crippen molar-refractivity contribution in [2.75, 3.05) is 40.3 Å². The minimum absolute atomic E-state index is 0.365. The number of piperazine rings is 1. The van der Waals surface area contributed by atoms with Crippen molar-refractivity contribution in [2.24, 2.45) is 0 Å². The number of benzene rings is 1. The second kappa shape index (κ2) is 6.15. The van der Waals surface area contributed by atoms with E-state index in [4.69, 9.17) is 0 Å². The van der Waals surface area contributed by atoms with Crippen molar-refractivity contribution in [3.8, 4) is 0 Å². The zero-order valence-electron chi connectivity index (χ0n) is 11.4. The number of hydrogen-bond donors (Lipinski definition) is 1. The second-order valence-electron chi connectivity index (χ2n) is 5.12. The summed E-state index contributed by atoms with van der Waals surface area (Å²) in [5.74, 6) is 0. The Bertz CT molecular complexity index is 400. The maximum atomic E-state index is 3.59. The highest BCUT2D eigenvalue weighted by atomic mass is 79.9. The van der Waals surface area contributed by atoms with Crippen LogP contribution in [0.1, 0.15) is 17.3 Å². The van der Waals surface area contributed by atoms with Gasteiger partial charge in [-0.2, -0.15) is 0 Å². The fourth-order valence-electron chi connectivity index (χ4n) is 2.62. The molecule has 1 fully saturated rings. The molecule has 0 spiro atoms. The quantitative estimate of drug-likeness (QED) is 0.923. The van der Waals surface area contributed by atoms with Crippen molar-refractivity contribution in [3.05, 3.63) is 33.8 Å². The van der Waals surface area contributed by atoms with Crippen molar-refractivity contribution in [2.45, 2.75) is 13.1 Å². The summed E-state index contributed by atoms with van der Waals surface area (Å²) in [6.07, 6.45) is 0.365. The Labute approximate surface area is 118 Å². The summed E-state index contributed by atoms with van der Waals surface area (Å²) in [6.45, 7) is 6.57. The molecular formula is C14H22BrN3. The van der Waals surface area contributed by atoms with Gasteiger partial charge in [0, 0.05) is 30.7 Å². The molecule has 3 nitrogen and oxygen atoms in total. The third kappa shape index (κ3) is 3.12. The van der Waals surface area contributed by atoms with Gasteiger partial charge >= 0.3 is 0 Å². The monoisotopic (exact) mass is 311 g/mol. The molecule has 1 N–H and O–H groups in total. The van der Waals surface area contributed by atoms with Crippen LogP contribution in [-0.2, 0) is 0 Å². The van der Waals surface area contributed by atoms with E-state index in [1.807, 2.05) is 0 Å². The summed E-state index contributed by atoms with van der Waals surface area (Å²) in [5, 5.41) is 3.42. The van der Waals surface area contributed by atoms with Gasteiger partial charge in [0.05, 0.1) is 6.17 Å². The molecule has 1 aromatic rings. The third-order valence-electron chi connectivity index (χ3n) is 3.51. The van der Waals surface area contributed by atoms with Gasteiger partial charge in [-0.05, 0) is 44.3 Å². The summed E-state index contributed by atoms with van der Waals surface area (Å²) in [7, 11) is 4.32. The van der Waals surface area contributed by atoms with Crippen molar-refractivity contribution in [3.63, 3.8) is 0 Å². The second-order valence-corrected chi connectivity index (χ2v) is 6.04. The van der Waals surface area contributed by atoms with E-state index in [0.29, 0.717) is 6.17 Å². The molecule has 4 heteroatoms. The first kappa shape index (κ1) is 14.0. The van der Waals surface area contributed by atoms with Crippen LogP contribution in [0.3, 0.4) is 0 Å². The number of nitrogens with zero attached hydrogens (tertiary/aromatic N) is 2. The predicted molar refractivity (Wildman–Crippen MR) is 79.7 cm³/mol. The van der Waals surface area contributed by atoms with Gasteiger partial charge < -0.3 is 5.32 Å². The molecule has 1 atom stereocenters. The number of halogens is 1. The van der Waals surface area contributed by atoms with E-state index in [1.165, 1.54) is 11.1 Å². The summed E-state index contributed by atoms with van der Waals surface area (Å²) in [6, 6.07) is 6.56. The van der Waals surface area contributed by atoms with E-state index in [2.05, 4.69) is 70.3 Å². The molecule has 0 aromatic heterocycles. The minimum Gasteiger partial charge on any atom is -0.314 e. The maximum Gasteiger partial charge on any atom is 0.0885 e. The molecule has 1 aliphatic heterocycles. The lowest BCUT2D eigenvalue weighted by Crippen LogP contribution is -2.48. The first-order chi connectivity index (χ1) is 8.59. The Morgan fingerprint density at radius 3 is 2.56 bits per heavy atom. The standard InChI is InChI=1S/C14H22BrN3/c1-11-4-5-12(15)10-13(11)14(17(2)3)18-8-6-16-7-9-18/h4-5,10,14,16H,6-9H2,1-3H3. The van der Waals surface area contributed by atoms with Crippen LogP contribution >= 0.6 is 15.9 Å². The molecular weight excluding hydrogens is 290 g/mol. The Morgan fingerprint density at radius 2 is 1.94 bits per heavy atom. The first-order valence-corrected chi connectivity index (χ1v) is 7.26. The fraction of sp³-hybridized carbons (Fsp3) is 0.571. The SMILES string of the molecule is Cc1ccc(Br)cc1C(N(C)C)N1CCNCC1. The van der Waals surface area contributed by atoms with Gasteiger partial charge in [0.1, 0.15) is 0 Å². The van der Waals surface area contributed by atoms with Gasteiger partial charge in [0.2, 0.25) is 0 Å². The van der Waals surface area contributed by atoms with E-state index in [1.54, 1.807) is 0 Å². The maximum absolute atomic E-state index is 3.59. The van der Waals surface area contributed by atoms with Crippen LogP contribution in [0.15, 0.2) is 22.7 Å². The van der Waals surface area contributed by atoms with Crippen LogP contribution in [0.2, 0.25) is 0 Å². The lowest BCUT2D eigenvalue weighted by molar-refractivity contribution is 0.0668. The normalized spacial score (nSPS) is 19.2. The van der Waals surface area contributed by atoms with Crippen LogP contribution in [0.5, 0.6) is 0 Å². The molecule has 2 rings (SSSR count). The van der Waals surface area contributed by atoms with Crippen LogP contribution in [0.4, 0.5) is 0 Å². The highest BCUT2D eigenvalue weighted by Crippen LogP contribution is 2.28. The smallest absolute Gasteiger partial charge is 0.0885 e. The number of nitrogens with one attached hydrogen (secondary N) is 1. The zero-order chi connectivity index (χ0) is 13.1. The third-order valence-corrected chi connectivity index (χ3v) is 4.00. The molecule has 0 saturated carbocycles. The molecule has 0 bridgehead atoms. The topological polar surface area (TPSA) is 18.5 Å². The summed E-state index contributed by atoms with van der Waals surface area (Å²) in [4.78, 5) is 4.85.